The molecular formula is C19H15Cl3O5. The smallest absolute Gasteiger partial charge is 0.347 e. The van der Waals surface area contributed by atoms with Crippen LogP contribution in [0.2, 0.25) is 15.1 Å². The minimum Gasteiger partial charge on any atom is -0.506 e. The third-order valence-corrected chi connectivity index (χ3v) is 5.71. The number of fused-ring (bicyclic) bond motifs is 2. The average Bonchev–Trinajstić information content (AvgIpc) is 2.79. The summed E-state index contributed by atoms with van der Waals surface area (Å²) < 4.78 is 11.4. The van der Waals surface area contributed by atoms with Crippen LogP contribution in [0.4, 0.5) is 0 Å². The number of rotatable bonds is 1. The van der Waals surface area contributed by atoms with E-state index in [9.17, 15) is 15.0 Å². The molecular weight excluding hydrogens is 415 g/mol. The van der Waals surface area contributed by atoms with E-state index in [0.717, 1.165) is 0 Å². The first kappa shape index (κ1) is 19.7. The number of benzene rings is 2. The molecule has 0 spiro atoms. The van der Waals surface area contributed by atoms with Crippen molar-refractivity contribution in [1.82, 2.24) is 0 Å². The van der Waals surface area contributed by atoms with Gasteiger partial charge in [0, 0.05) is 16.7 Å². The van der Waals surface area contributed by atoms with Crippen LogP contribution in [-0.2, 0) is 0 Å². The molecule has 2 aromatic rings. The van der Waals surface area contributed by atoms with Gasteiger partial charge in [-0.25, -0.2) is 4.79 Å². The van der Waals surface area contributed by atoms with Crippen LogP contribution in [0.1, 0.15) is 40.9 Å². The Kier molecular flexibility index (Phi) is 4.97. The third kappa shape index (κ3) is 2.81. The molecule has 2 N–H and O–H groups in total. The number of aromatic hydroxyl groups is 2. The zero-order valence-corrected chi connectivity index (χ0v) is 17.1. The van der Waals surface area contributed by atoms with Gasteiger partial charge >= 0.3 is 5.97 Å². The van der Waals surface area contributed by atoms with Crippen molar-refractivity contribution in [2.45, 2.75) is 27.7 Å². The number of phenols is 2. The Balaban J connectivity index is 2.46. The molecule has 3 rings (SSSR count). The van der Waals surface area contributed by atoms with Crippen LogP contribution in [0.25, 0.3) is 5.57 Å². The molecule has 0 aliphatic carbocycles. The molecule has 0 atom stereocenters. The molecule has 0 aromatic heterocycles. The van der Waals surface area contributed by atoms with Crippen LogP contribution >= 0.6 is 34.8 Å². The second kappa shape index (κ2) is 6.82. The Hall–Kier alpha value is -2.08. The molecule has 2 aromatic carbocycles. The Morgan fingerprint density at radius 1 is 0.889 bits per heavy atom. The lowest BCUT2D eigenvalue weighted by Gasteiger charge is -2.18. The molecule has 0 fully saturated rings. The summed E-state index contributed by atoms with van der Waals surface area (Å²) in [6.45, 7) is 6.61. The van der Waals surface area contributed by atoms with Gasteiger partial charge in [-0.1, -0.05) is 40.9 Å². The molecule has 0 amide bonds. The van der Waals surface area contributed by atoms with Gasteiger partial charge in [0.25, 0.3) is 0 Å². The van der Waals surface area contributed by atoms with Crippen molar-refractivity contribution >= 4 is 46.3 Å². The summed E-state index contributed by atoms with van der Waals surface area (Å²) in [6, 6.07) is 0. The molecule has 0 saturated heterocycles. The number of allylic oxidation sites excluding steroid dienone is 2. The molecule has 8 heteroatoms. The van der Waals surface area contributed by atoms with Gasteiger partial charge in [-0.15, -0.1) is 0 Å². The van der Waals surface area contributed by atoms with E-state index < -0.39 is 5.97 Å². The first-order chi connectivity index (χ1) is 12.6. The van der Waals surface area contributed by atoms with Crippen molar-refractivity contribution in [2.75, 3.05) is 0 Å². The van der Waals surface area contributed by atoms with Crippen LogP contribution in [0.15, 0.2) is 6.08 Å². The van der Waals surface area contributed by atoms with E-state index in [1.807, 2.05) is 0 Å². The van der Waals surface area contributed by atoms with Gasteiger partial charge in [-0.3, -0.25) is 0 Å². The lowest BCUT2D eigenvalue weighted by atomic mass is 9.97. The van der Waals surface area contributed by atoms with E-state index in [1.54, 1.807) is 26.8 Å². The van der Waals surface area contributed by atoms with Crippen molar-refractivity contribution in [2.24, 2.45) is 0 Å². The number of halogens is 3. The monoisotopic (exact) mass is 428 g/mol. The lowest BCUT2D eigenvalue weighted by molar-refractivity contribution is 0.0735. The minimum atomic E-state index is -0.765. The molecule has 5 nitrogen and oxygen atoms in total. The molecule has 1 aliphatic heterocycles. The normalized spacial score (nSPS) is 13.4. The van der Waals surface area contributed by atoms with Gasteiger partial charge in [-0.2, -0.15) is 0 Å². The van der Waals surface area contributed by atoms with Gasteiger partial charge in [0.2, 0.25) is 0 Å². The predicted octanol–water partition coefficient (Wildman–Crippen LogP) is 6.42. The topological polar surface area (TPSA) is 76.0 Å². The maximum Gasteiger partial charge on any atom is 0.347 e. The zero-order chi connectivity index (χ0) is 20.2. The molecule has 0 radical (unpaired) electrons. The van der Waals surface area contributed by atoms with Crippen molar-refractivity contribution in [3.05, 3.63) is 43.4 Å². The minimum absolute atomic E-state index is 0.00961. The van der Waals surface area contributed by atoms with Crippen LogP contribution < -0.4 is 9.47 Å². The number of hydrogen-bond donors (Lipinski definition) is 2. The van der Waals surface area contributed by atoms with E-state index in [4.69, 9.17) is 44.3 Å². The van der Waals surface area contributed by atoms with E-state index in [1.165, 1.54) is 6.92 Å². The Morgan fingerprint density at radius 3 is 2.11 bits per heavy atom. The molecule has 0 unspecified atom stereocenters. The number of esters is 1. The molecule has 1 heterocycles. The van der Waals surface area contributed by atoms with E-state index in [-0.39, 0.29) is 60.5 Å². The summed E-state index contributed by atoms with van der Waals surface area (Å²) in [5, 5.41) is 20.3. The van der Waals surface area contributed by atoms with Crippen molar-refractivity contribution in [3.63, 3.8) is 0 Å². The Labute approximate surface area is 170 Å². The van der Waals surface area contributed by atoms with E-state index in [2.05, 4.69) is 0 Å². The lowest BCUT2D eigenvalue weighted by Crippen LogP contribution is -2.11. The summed E-state index contributed by atoms with van der Waals surface area (Å²) in [5.41, 5.74) is 1.48. The van der Waals surface area contributed by atoms with E-state index >= 15 is 0 Å². The van der Waals surface area contributed by atoms with Crippen LogP contribution in [-0.4, -0.2) is 16.2 Å². The summed E-state index contributed by atoms with van der Waals surface area (Å²) >= 11 is 18.6. The fourth-order valence-electron chi connectivity index (χ4n) is 2.85. The highest BCUT2D eigenvalue weighted by Crippen LogP contribution is 2.55. The Bertz CT molecular complexity index is 1040. The predicted molar refractivity (Wildman–Crippen MR) is 105 cm³/mol. The summed E-state index contributed by atoms with van der Waals surface area (Å²) in [4.78, 5) is 12.9. The fraction of sp³-hybridized carbons (Fsp3) is 0.211. The number of carbonyl (C=O) groups is 1. The number of phenolic OH excluding ortho intramolecular Hbond substituents is 2. The van der Waals surface area contributed by atoms with Gasteiger partial charge in [0.1, 0.15) is 16.3 Å². The summed E-state index contributed by atoms with van der Waals surface area (Å²) in [5.74, 6) is -1.39. The van der Waals surface area contributed by atoms with Gasteiger partial charge < -0.3 is 19.7 Å². The largest absolute Gasteiger partial charge is 0.506 e. The molecule has 0 bridgehead atoms. The summed E-state index contributed by atoms with van der Waals surface area (Å²) in [7, 11) is 0. The molecule has 27 heavy (non-hydrogen) atoms. The maximum atomic E-state index is 12.9. The second-order valence-electron chi connectivity index (χ2n) is 6.09. The van der Waals surface area contributed by atoms with Crippen molar-refractivity contribution in [3.8, 4) is 28.7 Å². The highest BCUT2D eigenvalue weighted by atomic mass is 35.5. The van der Waals surface area contributed by atoms with Gasteiger partial charge in [0.05, 0.1) is 10.0 Å². The highest BCUT2D eigenvalue weighted by Gasteiger charge is 2.35. The average molecular weight is 430 g/mol. The van der Waals surface area contributed by atoms with E-state index in [0.29, 0.717) is 11.1 Å². The van der Waals surface area contributed by atoms with Crippen LogP contribution in [0, 0.1) is 13.8 Å². The SMILES string of the molecule is C/C=C(\C)c1c(Cl)c(O)c(C)c2c1Oc1c(Cl)c(O)c(Cl)c(C)c1OC2=O. The van der Waals surface area contributed by atoms with Crippen LogP contribution in [0.3, 0.4) is 0 Å². The maximum absolute atomic E-state index is 12.9. The number of ether oxygens (including phenoxy) is 2. The second-order valence-corrected chi connectivity index (χ2v) is 7.22. The standard InChI is InChI=1S/C19H15Cl3O5/c1-5-6(2)9-12(21)14(23)7(3)10-17(9)26-18-13(22)15(24)11(20)8(4)16(18)27-19(10)25/h5,23-24H,1-4H3/b6-5+. The quantitative estimate of drug-likeness (QED) is 0.404. The fourth-order valence-corrected chi connectivity index (χ4v) is 3.68. The first-order valence-corrected chi connectivity index (χ1v) is 9.03. The van der Waals surface area contributed by atoms with Gasteiger partial charge in [-0.05, 0) is 33.3 Å². The highest BCUT2D eigenvalue weighted by molar-refractivity contribution is 6.39. The third-order valence-electron chi connectivity index (χ3n) is 4.53. The van der Waals surface area contributed by atoms with Crippen LogP contribution in [0.5, 0.6) is 28.7 Å². The van der Waals surface area contributed by atoms with Crippen molar-refractivity contribution in [1.29, 1.82) is 0 Å². The van der Waals surface area contributed by atoms with Gasteiger partial charge in [0.15, 0.2) is 23.0 Å². The zero-order valence-electron chi connectivity index (χ0n) is 14.8. The molecule has 1 aliphatic rings. The molecule has 0 saturated carbocycles. The first-order valence-electron chi connectivity index (χ1n) is 7.90. The molecule has 142 valence electrons. The van der Waals surface area contributed by atoms with Crippen molar-refractivity contribution < 1.29 is 24.5 Å². The number of carbonyl (C=O) groups excluding carboxylic acids is 1. The summed E-state index contributed by atoms with van der Waals surface area (Å²) in [6.07, 6.45) is 1.75. The Morgan fingerprint density at radius 2 is 1.52 bits per heavy atom. The number of hydrogen-bond acceptors (Lipinski definition) is 5.